The Hall–Kier alpha value is -1.65. The van der Waals surface area contributed by atoms with Crippen LogP contribution in [0.25, 0.3) is 11.0 Å². The van der Waals surface area contributed by atoms with Crippen LogP contribution in [0.3, 0.4) is 0 Å². The van der Waals surface area contributed by atoms with Gasteiger partial charge in [0.05, 0.1) is 0 Å². The third-order valence-electron chi connectivity index (χ3n) is 5.81. The van der Waals surface area contributed by atoms with Crippen molar-refractivity contribution in [3.8, 4) is 0 Å². The van der Waals surface area contributed by atoms with E-state index in [9.17, 15) is 4.79 Å². The lowest BCUT2D eigenvalue weighted by Crippen LogP contribution is -2.61. The Morgan fingerprint density at radius 2 is 2.04 bits per heavy atom. The number of aryl methyl sites for hydroxylation is 1. The van der Waals surface area contributed by atoms with Gasteiger partial charge in [-0.25, -0.2) is 4.79 Å². The second-order valence-corrected chi connectivity index (χ2v) is 7.47. The van der Waals surface area contributed by atoms with E-state index in [1.54, 1.807) is 6.07 Å². The molecule has 4 nitrogen and oxygen atoms in total. The summed E-state index contributed by atoms with van der Waals surface area (Å²) in [7, 11) is 0. The molecule has 1 saturated heterocycles. The minimum absolute atomic E-state index is 0.240. The van der Waals surface area contributed by atoms with Crippen molar-refractivity contribution in [3.63, 3.8) is 0 Å². The fraction of sp³-hybridized carbons (Fsp3) is 0.550. The predicted octanol–water partition coefficient (Wildman–Crippen LogP) is 3.21. The normalized spacial score (nSPS) is 21.4. The summed E-state index contributed by atoms with van der Waals surface area (Å²) in [6.07, 6.45) is 6.51. The van der Waals surface area contributed by atoms with E-state index >= 15 is 0 Å². The molecule has 1 N–H and O–H groups in total. The molecule has 1 spiro atoms. The van der Waals surface area contributed by atoms with E-state index < -0.39 is 0 Å². The summed E-state index contributed by atoms with van der Waals surface area (Å²) < 4.78 is 5.42. The van der Waals surface area contributed by atoms with Gasteiger partial charge in [-0.2, -0.15) is 0 Å². The molecule has 4 rings (SSSR count). The molecule has 1 saturated carbocycles. The second-order valence-electron chi connectivity index (χ2n) is 7.47. The predicted molar refractivity (Wildman–Crippen MR) is 96.3 cm³/mol. The Balaban J connectivity index is 1.71. The van der Waals surface area contributed by atoms with E-state index in [0.717, 1.165) is 42.7 Å². The molecule has 1 aliphatic carbocycles. The standard InChI is InChI=1S/C20H26N2O2/c1-15-5-6-17-16(12-19(23)24-18(17)11-15)13-22-10-9-21-14-20(22)7-3-2-4-8-20/h5-6,11-12,21H,2-4,7-10,13-14H2,1H3. The minimum Gasteiger partial charge on any atom is -0.423 e. The van der Waals surface area contributed by atoms with Crippen LogP contribution in [0.4, 0.5) is 0 Å². The summed E-state index contributed by atoms with van der Waals surface area (Å²) in [4.78, 5) is 14.6. The molecule has 0 bridgehead atoms. The highest BCUT2D eigenvalue weighted by molar-refractivity contribution is 5.80. The van der Waals surface area contributed by atoms with Gasteiger partial charge in [0, 0.05) is 43.2 Å². The molecule has 0 atom stereocenters. The maximum Gasteiger partial charge on any atom is 0.336 e. The topological polar surface area (TPSA) is 45.5 Å². The van der Waals surface area contributed by atoms with Crippen LogP contribution in [0.5, 0.6) is 0 Å². The average Bonchev–Trinajstić information content (AvgIpc) is 2.57. The van der Waals surface area contributed by atoms with Crippen molar-refractivity contribution < 1.29 is 4.42 Å². The molecule has 0 amide bonds. The van der Waals surface area contributed by atoms with Gasteiger partial charge in [0.25, 0.3) is 0 Å². The summed E-state index contributed by atoms with van der Waals surface area (Å²) in [6, 6.07) is 7.85. The van der Waals surface area contributed by atoms with Crippen molar-refractivity contribution in [3.05, 3.63) is 45.8 Å². The number of piperazine rings is 1. The molecule has 24 heavy (non-hydrogen) atoms. The lowest BCUT2D eigenvalue weighted by Gasteiger charge is -2.50. The van der Waals surface area contributed by atoms with Gasteiger partial charge in [-0.3, -0.25) is 4.90 Å². The Kier molecular flexibility index (Phi) is 4.19. The van der Waals surface area contributed by atoms with Gasteiger partial charge in [-0.05, 0) is 37.0 Å². The molecule has 1 aromatic carbocycles. The summed E-state index contributed by atoms with van der Waals surface area (Å²) >= 11 is 0. The molecule has 0 radical (unpaired) electrons. The maximum absolute atomic E-state index is 12.0. The van der Waals surface area contributed by atoms with E-state index in [4.69, 9.17) is 4.42 Å². The smallest absolute Gasteiger partial charge is 0.336 e. The van der Waals surface area contributed by atoms with Crippen LogP contribution < -0.4 is 10.9 Å². The monoisotopic (exact) mass is 326 g/mol. The lowest BCUT2D eigenvalue weighted by atomic mass is 9.79. The van der Waals surface area contributed by atoms with Gasteiger partial charge in [-0.1, -0.05) is 31.4 Å². The molecule has 2 aromatic rings. The highest BCUT2D eigenvalue weighted by atomic mass is 16.4. The number of hydrogen-bond donors (Lipinski definition) is 1. The zero-order valence-corrected chi connectivity index (χ0v) is 14.4. The first-order valence-electron chi connectivity index (χ1n) is 9.16. The Morgan fingerprint density at radius 3 is 2.88 bits per heavy atom. The maximum atomic E-state index is 12.0. The van der Waals surface area contributed by atoms with Gasteiger partial charge >= 0.3 is 5.63 Å². The largest absolute Gasteiger partial charge is 0.423 e. The van der Waals surface area contributed by atoms with Crippen molar-refractivity contribution in [2.75, 3.05) is 19.6 Å². The van der Waals surface area contributed by atoms with E-state index in [1.165, 1.54) is 32.1 Å². The van der Waals surface area contributed by atoms with E-state index in [0.29, 0.717) is 5.58 Å². The number of fused-ring (bicyclic) bond motifs is 1. The molecule has 2 fully saturated rings. The minimum atomic E-state index is -0.240. The molecular weight excluding hydrogens is 300 g/mol. The van der Waals surface area contributed by atoms with E-state index in [2.05, 4.69) is 22.3 Å². The summed E-state index contributed by atoms with van der Waals surface area (Å²) in [5.41, 5.74) is 2.96. The third-order valence-corrected chi connectivity index (χ3v) is 5.81. The van der Waals surface area contributed by atoms with E-state index in [1.807, 2.05) is 13.0 Å². The van der Waals surface area contributed by atoms with Crippen LogP contribution in [-0.2, 0) is 6.54 Å². The van der Waals surface area contributed by atoms with Crippen LogP contribution in [-0.4, -0.2) is 30.1 Å². The van der Waals surface area contributed by atoms with E-state index in [-0.39, 0.29) is 11.2 Å². The van der Waals surface area contributed by atoms with Crippen molar-refractivity contribution in [1.29, 1.82) is 0 Å². The van der Waals surface area contributed by atoms with Crippen LogP contribution in [0.1, 0.15) is 43.2 Å². The van der Waals surface area contributed by atoms with Gasteiger partial charge in [0.2, 0.25) is 0 Å². The molecule has 0 unspecified atom stereocenters. The number of nitrogens with one attached hydrogen (secondary N) is 1. The van der Waals surface area contributed by atoms with Crippen molar-refractivity contribution in [2.45, 2.75) is 51.1 Å². The van der Waals surface area contributed by atoms with Crippen molar-refractivity contribution in [2.24, 2.45) is 0 Å². The number of hydrogen-bond acceptors (Lipinski definition) is 4. The molecule has 2 aliphatic rings. The summed E-state index contributed by atoms with van der Waals surface area (Å²) in [5.74, 6) is 0. The molecule has 4 heteroatoms. The molecule has 2 heterocycles. The first-order valence-corrected chi connectivity index (χ1v) is 9.16. The van der Waals surface area contributed by atoms with Gasteiger partial charge in [-0.15, -0.1) is 0 Å². The molecule has 128 valence electrons. The Labute approximate surface area is 142 Å². The lowest BCUT2D eigenvalue weighted by molar-refractivity contribution is 0.0211. The highest BCUT2D eigenvalue weighted by Gasteiger charge is 2.39. The average molecular weight is 326 g/mol. The Morgan fingerprint density at radius 1 is 1.21 bits per heavy atom. The zero-order valence-electron chi connectivity index (χ0n) is 14.4. The SMILES string of the molecule is Cc1ccc2c(CN3CCNCC34CCCCC4)cc(=O)oc2c1. The third kappa shape index (κ3) is 2.89. The number of benzene rings is 1. The van der Waals surface area contributed by atoms with Crippen LogP contribution in [0.15, 0.2) is 33.5 Å². The number of rotatable bonds is 2. The fourth-order valence-electron chi connectivity index (χ4n) is 4.51. The van der Waals surface area contributed by atoms with Crippen LogP contribution in [0, 0.1) is 6.92 Å². The first-order chi connectivity index (χ1) is 11.7. The second kappa shape index (κ2) is 6.34. The zero-order chi connectivity index (χ0) is 16.6. The fourth-order valence-corrected chi connectivity index (χ4v) is 4.51. The summed E-state index contributed by atoms with van der Waals surface area (Å²) in [5, 5.41) is 4.67. The van der Waals surface area contributed by atoms with Crippen molar-refractivity contribution in [1.82, 2.24) is 10.2 Å². The van der Waals surface area contributed by atoms with Crippen LogP contribution >= 0.6 is 0 Å². The highest BCUT2D eigenvalue weighted by Crippen LogP contribution is 2.36. The Bertz CT molecular complexity index is 782. The first kappa shape index (κ1) is 15.9. The summed E-state index contributed by atoms with van der Waals surface area (Å²) in [6.45, 7) is 6.02. The van der Waals surface area contributed by atoms with Gasteiger partial charge in [0.15, 0.2) is 0 Å². The molecule has 1 aliphatic heterocycles. The quantitative estimate of drug-likeness (QED) is 0.861. The van der Waals surface area contributed by atoms with Crippen molar-refractivity contribution >= 4 is 11.0 Å². The molecular formula is C20H26N2O2. The van der Waals surface area contributed by atoms with Gasteiger partial charge < -0.3 is 9.73 Å². The van der Waals surface area contributed by atoms with Crippen LogP contribution in [0.2, 0.25) is 0 Å². The number of nitrogens with zero attached hydrogens (tertiary/aromatic N) is 1. The molecule has 1 aromatic heterocycles. The van der Waals surface area contributed by atoms with Gasteiger partial charge in [0.1, 0.15) is 5.58 Å².